The fourth-order valence-corrected chi connectivity index (χ4v) is 7.14. The Bertz CT molecular complexity index is 781. The summed E-state index contributed by atoms with van der Waals surface area (Å²) in [6, 6.07) is 4.97. The van der Waals surface area contributed by atoms with Crippen LogP contribution in [0.15, 0.2) is 18.2 Å². The fraction of sp³-hybridized carbons (Fsp3) is 0.636. The SMILES string of the molecule is O=C(c1ccc(Cl)cc1Cl)N1CCN(C(=O)C23CC4CC(CC(C4)C2)C3)CC1. The van der Waals surface area contributed by atoms with Gasteiger partial charge in [-0.25, -0.2) is 0 Å². The molecule has 0 spiro atoms. The quantitative estimate of drug-likeness (QED) is 0.706. The lowest BCUT2D eigenvalue weighted by molar-refractivity contribution is -0.159. The molecule has 1 aliphatic heterocycles. The summed E-state index contributed by atoms with van der Waals surface area (Å²) in [6.45, 7) is 2.38. The van der Waals surface area contributed by atoms with E-state index in [1.54, 1.807) is 23.1 Å². The van der Waals surface area contributed by atoms with Crippen molar-refractivity contribution in [2.24, 2.45) is 23.2 Å². The molecule has 1 saturated heterocycles. The number of nitrogens with zero attached hydrogens (tertiary/aromatic N) is 2. The van der Waals surface area contributed by atoms with Crippen molar-refractivity contribution in [2.75, 3.05) is 26.2 Å². The van der Waals surface area contributed by atoms with Gasteiger partial charge in [0.15, 0.2) is 0 Å². The second kappa shape index (κ2) is 6.91. The highest BCUT2D eigenvalue weighted by Crippen LogP contribution is 2.60. The molecule has 5 fully saturated rings. The molecule has 1 aromatic carbocycles. The van der Waals surface area contributed by atoms with Crippen molar-refractivity contribution in [3.8, 4) is 0 Å². The Balaban J connectivity index is 1.25. The molecule has 0 aromatic heterocycles. The lowest BCUT2D eigenvalue weighted by atomic mass is 9.49. The number of carbonyl (C=O) groups excluding carboxylic acids is 2. The summed E-state index contributed by atoms with van der Waals surface area (Å²) in [6.07, 6.45) is 7.32. The molecule has 4 saturated carbocycles. The van der Waals surface area contributed by atoms with Crippen molar-refractivity contribution in [3.63, 3.8) is 0 Å². The molecular weight excluding hydrogens is 395 g/mol. The summed E-state index contributed by atoms with van der Waals surface area (Å²) in [4.78, 5) is 30.1. The maximum absolute atomic E-state index is 13.5. The van der Waals surface area contributed by atoms with Gasteiger partial charge in [-0.2, -0.15) is 0 Å². The van der Waals surface area contributed by atoms with E-state index in [9.17, 15) is 9.59 Å². The maximum Gasteiger partial charge on any atom is 0.255 e. The predicted octanol–water partition coefficient (Wildman–Crippen LogP) is 4.49. The van der Waals surface area contributed by atoms with Crippen LogP contribution >= 0.6 is 23.2 Å². The predicted molar refractivity (Wildman–Crippen MR) is 110 cm³/mol. The average Bonchev–Trinajstić information content (AvgIpc) is 2.66. The van der Waals surface area contributed by atoms with Gasteiger partial charge >= 0.3 is 0 Å². The van der Waals surface area contributed by atoms with Crippen LogP contribution in [0.4, 0.5) is 0 Å². The standard InChI is InChI=1S/C22H26Cl2N2O2/c23-17-1-2-18(19(24)10-17)20(27)25-3-5-26(6-4-25)21(28)22-11-14-7-15(12-22)9-16(8-14)13-22/h1-2,10,14-16H,3-9,11-13H2. The molecular formula is C22H26Cl2N2O2. The molecule has 0 N–H and O–H groups in total. The molecule has 0 unspecified atom stereocenters. The summed E-state index contributed by atoms with van der Waals surface area (Å²) in [5.74, 6) is 2.59. The number of halogens is 2. The summed E-state index contributed by atoms with van der Waals surface area (Å²) in [5, 5.41) is 0.900. The van der Waals surface area contributed by atoms with E-state index in [1.807, 2.05) is 4.90 Å². The number of hydrogen-bond acceptors (Lipinski definition) is 2. The van der Waals surface area contributed by atoms with E-state index in [0.29, 0.717) is 47.7 Å². The van der Waals surface area contributed by atoms with Crippen molar-refractivity contribution >= 4 is 35.0 Å². The van der Waals surface area contributed by atoms with Gasteiger partial charge in [0.1, 0.15) is 0 Å². The van der Waals surface area contributed by atoms with E-state index < -0.39 is 0 Å². The van der Waals surface area contributed by atoms with Crippen molar-refractivity contribution in [1.29, 1.82) is 0 Å². The number of hydrogen-bond donors (Lipinski definition) is 0. The van der Waals surface area contributed by atoms with Gasteiger partial charge in [-0.05, 0) is 74.5 Å². The molecule has 28 heavy (non-hydrogen) atoms. The maximum atomic E-state index is 13.5. The topological polar surface area (TPSA) is 40.6 Å². The Morgan fingerprint density at radius 2 is 1.39 bits per heavy atom. The first kappa shape index (κ1) is 18.7. The van der Waals surface area contributed by atoms with Crippen LogP contribution < -0.4 is 0 Å². The summed E-state index contributed by atoms with van der Waals surface area (Å²) >= 11 is 12.1. The number of rotatable bonds is 2. The number of benzene rings is 1. The second-order valence-electron chi connectivity index (χ2n) is 9.41. The Morgan fingerprint density at radius 1 is 0.857 bits per heavy atom. The van der Waals surface area contributed by atoms with Gasteiger partial charge in [0, 0.05) is 31.2 Å². The summed E-state index contributed by atoms with van der Waals surface area (Å²) < 4.78 is 0. The first-order chi connectivity index (χ1) is 13.4. The van der Waals surface area contributed by atoms with E-state index in [2.05, 4.69) is 0 Å². The first-order valence-electron chi connectivity index (χ1n) is 10.5. The number of amides is 2. The van der Waals surface area contributed by atoms with Gasteiger partial charge in [0.2, 0.25) is 5.91 Å². The molecule has 4 bridgehead atoms. The molecule has 4 aliphatic carbocycles. The van der Waals surface area contributed by atoms with Gasteiger partial charge in [-0.3, -0.25) is 9.59 Å². The van der Waals surface area contributed by atoms with E-state index in [1.165, 1.54) is 19.3 Å². The minimum atomic E-state index is -0.0968. The summed E-state index contributed by atoms with van der Waals surface area (Å²) in [7, 11) is 0. The third kappa shape index (κ3) is 3.13. The zero-order chi connectivity index (χ0) is 19.5. The molecule has 150 valence electrons. The van der Waals surface area contributed by atoms with Crippen LogP contribution in [0.3, 0.4) is 0 Å². The minimum absolute atomic E-state index is 0.0800. The molecule has 5 aliphatic rings. The molecule has 1 aromatic rings. The largest absolute Gasteiger partial charge is 0.339 e. The zero-order valence-electron chi connectivity index (χ0n) is 16.0. The molecule has 4 nitrogen and oxygen atoms in total. The van der Waals surface area contributed by atoms with Gasteiger partial charge in [0.25, 0.3) is 5.91 Å². The van der Waals surface area contributed by atoms with E-state index in [0.717, 1.165) is 37.0 Å². The van der Waals surface area contributed by atoms with Crippen molar-refractivity contribution < 1.29 is 9.59 Å². The molecule has 2 amide bonds. The smallest absolute Gasteiger partial charge is 0.255 e. The zero-order valence-corrected chi connectivity index (χ0v) is 17.5. The van der Waals surface area contributed by atoms with Crippen LogP contribution in [0.5, 0.6) is 0 Å². The number of carbonyl (C=O) groups is 2. The van der Waals surface area contributed by atoms with Crippen LogP contribution in [-0.4, -0.2) is 47.8 Å². The van der Waals surface area contributed by atoms with E-state index >= 15 is 0 Å². The minimum Gasteiger partial charge on any atom is -0.339 e. The Labute approximate surface area is 176 Å². The highest BCUT2D eigenvalue weighted by molar-refractivity contribution is 6.36. The van der Waals surface area contributed by atoms with Crippen LogP contribution in [-0.2, 0) is 4.79 Å². The monoisotopic (exact) mass is 420 g/mol. The van der Waals surface area contributed by atoms with Gasteiger partial charge < -0.3 is 9.80 Å². The van der Waals surface area contributed by atoms with Crippen molar-refractivity contribution in [1.82, 2.24) is 9.80 Å². The molecule has 6 rings (SSSR count). The molecule has 6 heteroatoms. The lowest BCUT2D eigenvalue weighted by Crippen LogP contribution is -2.58. The van der Waals surface area contributed by atoms with Crippen LogP contribution in [0, 0.1) is 23.2 Å². The highest BCUT2D eigenvalue weighted by atomic mass is 35.5. The second-order valence-corrected chi connectivity index (χ2v) is 10.3. The van der Waals surface area contributed by atoms with Crippen LogP contribution in [0.25, 0.3) is 0 Å². The first-order valence-corrected chi connectivity index (χ1v) is 11.2. The Hall–Kier alpha value is -1.26. The third-order valence-electron chi connectivity index (χ3n) is 7.51. The van der Waals surface area contributed by atoms with Crippen LogP contribution in [0.2, 0.25) is 10.0 Å². The normalized spacial score (nSPS) is 34.0. The molecule has 0 radical (unpaired) electrons. The van der Waals surface area contributed by atoms with Gasteiger partial charge in [0.05, 0.1) is 16.0 Å². The third-order valence-corrected chi connectivity index (χ3v) is 8.06. The highest BCUT2D eigenvalue weighted by Gasteiger charge is 2.55. The van der Waals surface area contributed by atoms with Gasteiger partial charge in [-0.1, -0.05) is 23.2 Å². The molecule has 1 heterocycles. The fourth-order valence-electron chi connectivity index (χ4n) is 6.65. The van der Waals surface area contributed by atoms with Gasteiger partial charge in [-0.15, -0.1) is 0 Å². The number of piperazine rings is 1. The van der Waals surface area contributed by atoms with E-state index in [4.69, 9.17) is 23.2 Å². The summed E-state index contributed by atoms with van der Waals surface area (Å²) in [5.41, 5.74) is 0.382. The van der Waals surface area contributed by atoms with Crippen molar-refractivity contribution in [2.45, 2.75) is 38.5 Å². The molecule has 0 atom stereocenters. The Morgan fingerprint density at radius 3 is 1.93 bits per heavy atom. The van der Waals surface area contributed by atoms with E-state index in [-0.39, 0.29) is 11.3 Å². The van der Waals surface area contributed by atoms with Crippen molar-refractivity contribution in [3.05, 3.63) is 33.8 Å². The van der Waals surface area contributed by atoms with Crippen LogP contribution in [0.1, 0.15) is 48.9 Å². The lowest BCUT2D eigenvalue weighted by Gasteiger charge is -2.57. The Kier molecular flexibility index (Phi) is 4.63. The average molecular weight is 421 g/mol.